The normalized spacial score (nSPS) is 18.9. The zero-order chi connectivity index (χ0) is 14.7. The van der Waals surface area contributed by atoms with E-state index >= 15 is 0 Å². The summed E-state index contributed by atoms with van der Waals surface area (Å²) in [6, 6.07) is 5.81. The predicted molar refractivity (Wildman–Crippen MR) is 77.9 cm³/mol. The molecule has 108 valence electrons. The van der Waals surface area contributed by atoms with Gasteiger partial charge in [-0.2, -0.15) is 5.10 Å². The first-order chi connectivity index (χ1) is 9.54. The second-order valence-electron chi connectivity index (χ2n) is 5.29. The highest BCUT2D eigenvalue weighted by atomic mass is 19.1. The van der Waals surface area contributed by atoms with Crippen LogP contribution < -0.4 is 10.7 Å². The Hall–Kier alpha value is -1.75. The van der Waals surface area contributed by atoms with Gasteiger partial charge in [-0.3, -0.25) is 4.79 Å². The molecular weight excluding hydrogens is 257 g/mol. The molecule has 1 unspecified atom stereocenters. The highest BCUT2D eigenvalue weighted by Gasteiger charge is 2.37. The first-order valence-electron chi connectivity index (χ1n) is 6.92. The molecule has 0 aliphatic carbocycles. The van der Waals surface area contributed by atoms with Gasteiger partial charge in [-0.25, -0.2) is 9.40 Å². The predicted octanol–water partition coefficient (Wildman–Crippen LogP) is 2.54. The molecule has 20 heavy (non-hydrogen) atoms. The number of hydrogen-bond acceptors (Lipinski definition) is 3. The van der Waals surface area contributed by atoms with Crippen LogP contribution in [0.1, 0.15) is 26.7 Å². The molecule has 1 heterocycles. The highest BCUT2D eigenvalue weighted by molar-refractivity contribution is 6.16. The Morgan fingerprint density at radius 3 is 2.55 bits per heavy atom. The molecule has 0 spiro atoms. The number of carbonyl (C=O) groups is 1. The Balaban J connectivity index is 2.27. The molecule has 0 bridgehead atoms. The van der Waals surface area contributed by atoms with E-state index in [1.165, 1.54) is 17.1 Å². The maximum absolute atomic E-state index is 13.0. The summed E-state index contributed by atoms with van der Waals surface area (Å²) in [5, 5.41) is 5.82. The third-order valence-electron chi connectivity index (χ3n) is 3.44. The van der Waals surface area contributed by atoms with E-state index in [0.29, 0.717) is 18.7 Å². The lowest BCUT2D eigenvalue weighted by Gasteiger charge is -2.14. The van der Waals surface area contributed by atoms with Crippen LogP contribution in [0.2, 0.25) is 0 Å². The minimum Gasteiger partial charge on any atom is -0.330 e. The van der Waals surface area contributed by atoms with Crippen molar-refractivity contribution < 1.29 is 9.18 Å². The maximum atomic E-state index is 13.0. The van der Waals surface area contributed by atoms with Crippen molar-refractivity contribution in [3.63, 3.8) is 0 Å². The Morgan fingerprint density at radius 2 is 2.00 bits per heavy atom. The Bertz CT molecular complexity index is 510. The van der Waals surface area contributed by atoms with E-state index in [1.807, 2.05) is 13.8 Å². The van der Waals surface area contributed by atoms with Crippen LogP contribution >= 0.6 is 0 Å². The number of hydrazone groups is 1. The molecule has 0 saturated heterocycles. The van der Waals surface area contributed by atoms with Gasteiger partial charge >= 0.3 is 0 Å². The van der Waals surface area contributed by atoms with Crippen LogP contribution in [0.25, 0.3) is 0 Å². The van der Waals surface area contributed by atoms with Gasteiger partial charge in [0.15, 0.2) is 0 Å². The minimum absolute atomic E-state index is 0.0474. The fourth-order valence-electron chi connectivity index (χ4n) is 2.39. The number of anilines is 1. The van der Waals surface area contributed by atoms with Crippen LogP contribution in [0, 0.1) is 17.7 Å². The molecule has 1 amide bonds. The van der Waals surface area contributed by atoms with Crippen molar-refractivity contribution in [2.24, 2.45) is 22.7 Å². The van der Waals surface area contributed by atoms with Crippen molar-refractivity contribution in [3.05, 3.63) is 30.1 Å². The molecule has 1 aliphatic heterocycles. The number of benzene rings is 1. The van der Waals surface area contributed by atoms with Gasteiger partial charge in [0, 0.05) is 0 Å². The number of halogens is 1. The SMILES string of the molecule is CC(C)C1=NN(c2ccc(F)cc2)C(=O)C1CCCN. The van der Waals surface area contributed by atoms with Crippen LogP contribution in [0.4, 0.5) is 10.1 Å². The molecule has 0 saturated carbocycles. The van der Waals surface area contributed by atoms with Gasteiger partial charge in [-0.1, -0.05) is 13.8 Å². The standard InChI is InChI=1S/C15H20FN3O/c1-10(2)14-13(4-3-9-17)15(20)19(18-14)12-7-5-11(16)6-8-12/h5-8,10,13H,3-4,9,17H2,1-2H3. The summed E-state index contributed by atoms with van der Waals surface area (Å²) in [4.78, 5) is 12.5. The fourth-order valence-corrected chi connectivity index (χ4v) is 2.39. The summed E-state index contributed by atoms with van der Waals surface area (Å²) < 4.78 is 13.0. The summed E-state index contributed by atoms with van der Waals surface area (Å²) in [7, 11) is 0. The van der Waals surface area contributed by atoms with Crippen molar-refractivity contribution in [2.45, 2.75) is 26.7 Å². The number of carbonyl (C=O) groups excluding carboxylic acids is 1. The molecular formula is C15H20FN3O. The lowest BCUT2D eigenvalue weighted by molar-refractivity contribution is -0.119. The maximum Gasteiger partial charge on any atom is 0.256 e. The minimum atomic E-state index is -0.326. The van der Waals surface area contributed by atoms with Gasteiger partial charge in [0.2, 0.25) is 0 Å². The van der Waals surface area contributed by atoms with Crippen LogP contribution in [0.5, 0.6) is 0 Å². The first-order valence-corrected chi connectivity index (χ1v) is 6.92. The van der Waals surface area contributed by atoms with Gasteiger partial charge in [-0.15, -0.1) is 0 Å². The zero-order valence-electron chi connectivity index (χ0n) is 11.8. The topological polar surface area (TPSA) is 58.7 Å². The van der Waals surface area contributed by atoms with Gasteiger partial charge in [0.05, 0.1) is 17.3 Å². The quantitative estimate of drug-likeness (QED) is 0.899. The van der Waals surface area contributed by atoms with Crippen LogP contribution in [0.15, 0.2) is 29.4 Å². The molecule has 4 nitrogen and oxygen atoms in total. The van der Waals surface area contributed by atoms with E-state index in [4.69, 9.17) is 5.73 Å². The summed E-state index contributed by atoms with van der Waals surface area (Å²) in [6.45, 7) is 4.61. The second kappa shape index (κ2) is 6.13. The second-order valence-corrected chi connectivity index (χ2v) is 5.29. The molecule has 1 atom stereocenters. The van der Waals surface area contributed by atoms with E-state index in [1.54, 1.807) is 12.1 Å². The monoisotopic (exact) mass is 277 g/mol. The summed E-state index contributed by atoms with van der Waals surface area (Å²) >= 11 is 0. The molecule has 1 aliphatic rings. The van der Waals surface area contributed by atoms with E-state index in [9.17, 15) is 9.18 Å². The molecule has 0 aromatic heterocycles. The molecule has 0 fully saturated rings. The third-order valence-corrected chi connectivity index (χ3v) is 3.44. The Kier molecular flexibility index (Phi) is 4.49. The van der Waals surface area contributed by atoms with E-state index < -0.39 is 0 Å². The fraction of sp³-hybridized carbons (Fsp3) is 0.467. The Morgan fingerprint density at radius 1 is 1.35 bits per heavy atom. The van der Waals surface area contributed by atoms with Gasteiger partial charge in [0.1, 0.15) is 5.82 Å². The summed E-state index contributed by atoms with van der Waals surface area (Å²) in [6.07, 6.45) is 1.50. The summed E-state index contributed by atoms with van der Waals surface area (Å²) in [5.41, 5.74) is 7.01. The summed E-state index contributed by atoms with van der Waals surface area (Å²) in [5.74, 6) is -0.377. The van der Waals surface area contributed by atoms with Crippen molar-refractivity contribution in [3.8, 4) is 0 Å². The van der Waals surface area contributed by atoms with Crippen molar-refractivity contribution in [1.29, 1.82) is 0 Å². The average molecular weight is 277 g/mol. The van der Waals surface area contributed by atoms with Crippen LogP contribution in [0.3, 0.4) is 0 Å². The molecule has 1 aromatic carbocycles. The number of hydrogen-bond donors (Lipinski definition) is 1. The lowest BCUT2D eigenvalue weighted by atomic mass is 9.90. The number of nitrogens with two attached hydrogens (primary N) is 1. The molecule has 2 rings (SSSR count). The van der Waals surface area contributed by atoms with Crippen molar-refractivity contribution in [2.75, 3.05) is 11.6 Å². The van der Waals surface area contributed by atoms with E-state index in [0.717, 1.165) is 12.1 Å². The Labute approximate surface area is 118 Å². The molecule has 2 N–H and O–H groups in total. The van der Waals surface area contributed by atoms with E-state index in [2.05, 4.69) is 5.10 Å². The largest absolute Gasteiger partial charge is 0.330 e. The number of nitrogens with zero attached hydrogens (tertiary/aromatic N) is 2. The van der Waals surface area contributed by atoms with Gasteiger partial charge in [-0.05, 0) is 49.6 Å². The molecule has 1 aromatic rings. The lowest BCUT2D eigenvalue weighted by Crippen LogP contribution is -2.29. The van der Waals surface area contributed by atoms with Gasteiger partial charge in [0.25, 0.3) is 5.91 Å². The number of amides is 1. The smallest absolute Gasteiger partial charge is 0.256 e. The number of rotatable bonds is 5. The molecule has 5 heteroatoms. The highest BCUT2D eigenvalue weighted by Crippen LogP contribution is 2.29. The van der Waals surface area contributed by atoms with E-state index in [-0.39, 0.29) is 23.6 Å². The third kappa shape index (κ3) is 2.88. The van der Waals surface area contributed by atoms with Gasteiger partial charge < -0.3 is 5.73 Å². The van der Waals surface area contributed by atoms with Crippen molar-refractivity contribution >= 4 is 17.3 Å². The molecule has 0 radical (unpaired) electrons. The average Bonchev–Trinajstić information content (AvgIpc) is 2.75. The van der Waals surface area contributed by atoms with Crippen LogP contribution in [-0.2, 0) is 4.79 Å². The van der Waals surface area contributed by atoms with Crippen LogP contribution in [-0.4, -0.2) is 18.2 Å². The van der Waals surface area contributed by atoms with Crippen molar-refractivity contribution in [1.82, 2.24) is 0 Å². The first kappa shape index (κ1) is 14.7. The zero-order valence-corrected chi connectivity index (χ0v) is 11.8.